The van der Waals surface area contributed by atoms with E-state index in [-0.39, 0.29) is 30.0 Å². The summed E-state index contributed by atoms with van der Waals surface area (Å²) >= 11 is 1.22. The number of carbonyl (C=O) groups excluding carboxylic acids is 1. The Morgan fingerprint density at radius 2 is 2.08 bits per heavy atom. The Balaban J connectivity index is 1.69. The maximum atomic E-state index is 12.6. The Labute approximate surface area is 148 Å². The van der Waals surface area contributed by atoms with Crippen LogP contribution in [-0.4, -0.2) is 42.7 Å². The summed E-state index contributed by atoms with van der Waals surface area (Å²) < 4.78 is 16.5. The highest BCUT2D eigenvalue weighted by Gasteiger charge is 2.28. The highest BCUT2D eigenvalue weighted by Crippen LogP contribution is 2.23. The van der Waals surface area contributed by atoms with E-state index in [1.807, 2.05) is 6.07 Å². The first-order valence-electron chi connectivity index (χ1n) is 7.58. The van der Waals surface area contributed by atoms with E-state index in [9.17, 15) is 13.8 Å². The molecule has 0 bridgehead atoms. The minimum absolute atomic E-state index is 0.117. The lowest BCUT2D eigenvalue weighted by molar-refractivity contribution is -0.141. The average Bonchev–Trinajstić information content (AvgIpc) is 3.04. The van der Waals surface area contributed by atoms with Crippen LogP contribution in [0.3, 0.4) is 0 Å². The number of nitrogens with zero attached hydrogens (tertiary/aromatic N) is 3. The fourth-order valence-corrected chi connectivity index (χ4v) is 5.19. The van der Waals surface area contributed by atoms with Crippen molar-refractivity contribution in [1.29, 1.82) is 0 Å². The lowest BCUT2D eigenvalue weighted by atomic mass is 10.0. The van der Waals surface area contributed by atoms with E-state index in [0.29, 0.717) is 10.9 Å². The van der Waals surface area contributed by atoms with Gasteiger partial charge in [-0.25, -0.2) is 14.2 Å². The first kappa shape index (κ1) is 17.5. The highest BCUT2D eigenvalue weighted by molar-refractivity contribution is 7.93. The third-order valence-corrected chi connectivity index (χ3v) is 6.80. The summed E-state index contributed by atoms with van der Waals surface area (Å²) in [6.07, 6.45) is 2.18. The van der Waals surface area contributed by atoms with Gasteiger partial charge in [0.25, 0.3) is 0 Å². The Kier molecular flexibility index (Phi) is 5.09. The molecule has 1 saturated heterocycles. The molecule has 2 N–H and O–H groups in total. The van der Waals surface area contributed by atoms with Gasteiger partial charge in [-0.15, -0.1) is 11.3 Å². The van der Waals surface area contributed by atoms with Crippen molar-refractivity contribution in [3.05, 3.63) is 35.5 Å². The number of thiazole rings is 1. The van der Waals surface area contributed by atoms with Crippen molar-refractivity contribution in [3.63, 3.8) is 0 Å². The third-order valence-electron chi connectivity index (χ3n) is 3.79. The van der Waals surface area contributed by atoms with Crippen LogP contribution in [0.2, 0.25) is 0 Å². The average molecular weight is 380 g/mol. The molecule has 0 aromatic carbocycles. The number of aliphatic carboxylic acids is 1. The Hall–Kier alpha value is -2.33. The number of hydrogen-bond acceptors (Lipinski definition) is 7. The van der Waals surface area contributed by atoms with Crippen LogP contribution in [0, 0.1) is 5.92 Å². The van der Waals surface area contributed by atoms with Crippen LogP contribution in [0.1, 0.15) is 23.3 Å². The number of hydrogen-bond donors (Lipinski definition) is 2. The number of anilines is 2. The zero-order valence-corrected chi connectivity index (χ0v) is 14.8. The van der Waals surface area contributed by atoms with Gasteiger partial charge >= 0.3 is 11.9 Å². The molecule has 3 rings (SSSR count). The quantitative estimate of drug-likeness (QED) is 0.835. The molecular weight excluding hydrogens is 364 g/mol. The number of carboxylic acids is 1. The van der Waals surface area contributed by atoms with Crippen molar-refractivity contribution in [2.24, 2.45) is 10.3 Å². The van der Waals surface area contributed by atoms with Crippen LogP contribution in [0.25, 0.3) is 0 Å². The van der Waals surface area contributed by atoms with E-state index >= 15 is 0 Å². The molecule has 0 aliphatic carbocycles. The van der Waals surface area contributed by atoms with Gasteiger partial charge in [-0.3, -0.25) is 9.59 Å². The van der Waals surface area contributed by atoms with Crippen molar-refractivity contribution < 1.29 is 18.9 Å². The van der Waals surface area contributed by atoms with Crippen molar-refractivity contribution in [2.45, 2.75) is 12.8 Å². The molecule has 1 aliphatic heterocycles. The summed E-state index contributed by atoms with van der Waals surface area (Å²) in [5, 5.41) is 14.0. The summed E-state index contributed by atoms with van der Waals surface area (Å²) in [7, 11) is -2.71. The standard InChI is InChI=1S/C15H16N4O4S2/c20-13(19-25(23)7-4-10(5-8-25)14(21)22)11-9-24-15(17-11)18-12-3-1-2-6-16-12/h1-3,6,9-10H,4-5,7-8H2,(H,21,22)(H,16,17,18). The number of nitrogens with one attached hydrogen (secondary N) is 1. The van der Waals surface area contributed by atoms with Crippen molar-refractivity contribution in [1.82, 2.24) is 9.97 Å². The van der Waals surface area contributed by atoms with E-state index in [0.717, 1.165) is 0 Å². The second kappa shape index (κ2) is 7.28. The van der Waals surface area contributed by atoms with Gasteiger partial charge in [0.05, 0.1) is 15.6 Å². The van der Waals surface area contributed by atoms with Crippen LogP contribution in [0.4, 0.5) is 10.9 Å². The van der Waals surface area contributed by atoms with Gasteiger partial charge in [0.2, 0.25) is 0 Å². The van der Waals surface area contributed by atoms with E-state index < -0.39 is 27.5 Å². The molecule has 1 aliphatic rings. The Bertz CT molecular complexity index is 889. The van der Waals surface area contributed by atoms with Crippen LogP contribution >= 0.6 is 11.3 Å². The van der Waals surface area contributed by atoms with Crippen molar-refractivity contribution in [3.8, 4) is 0 Å². The summed E-state index contributed by atoms with van der Waals surface area (Å²) in [6, 6.07) is 5.38. The molecule has 0 spiro atoms. The molecule has 2 aromatic heterocycles. The summed E-state index contributed by atoms with van der Waals surface area (Å²) in [5.74, 6) is -1.18. The van der Waals surface area contributed by atoms with Gasteiger partial charge in [0.1, 0.15) is 11.5 Å². The van der Waals surface area contributed by atoms with Gasteiger partial charge in [0, 0.05) is 23.1 Å². The second-order valence-electron chi connectivity index (χ2n) is 5.57. The molecule has 1 fully saturated rings. The molecule has 8 nitrogen and oxygen atoms in total. The smallest absolute Gasteiger partial charge is 0.306 e. The predicted octanol–water partition coefficient (Wildman–Crippen LogP) is 2.38. The van der Waals surface area contributed by atoms with Crippen molar-refractivity contribution >= 4 is 43.9 Å². The Morgan fingerprint density at radius 1 is 1.32 bits per heavy atom. The molecule has 3 heterocycles. The van der Waals surface area contributed by atoms with E-state index in [1.54, 1.807) is 23.7 Å². The minimum atomic E-state index is -2.71. The lowest BCUT2D eigenvalue weighted by Gasteiger charge is -2.20. The Morgan fingerprint density at radius 3 is 2.72 bits per heavy atom. The second-order valence-corrected chi connectivity index (χ2v) is 8.97. The van der Waals surface area contributed by atoms with Crippen LogP contribution in [0.15, 0.2) is 34.1 Å². The molecule has 0 saturated carbocycles. The molecular formula is C15H16N4O4S2. The molecule has 0 atom stereocenters. The summed E-state index contributed by atoms with van der Waals surface area (Å²) in [5.41, 5.74) is 0.117. The van der Waals surface area contributed by atoms with Crippen LogP contribution < -0.4 is 5.32 Å². The fraction of sp³-hybridized carbons (Fsp3) is 0.333. The SMILES string of the molecule is O=C(N=S1(=O)CCC(C(=O)O)CC1)c1csc(Nc2ccccn2)n1. The number of amides is 1. The summed E-state index contributed by atoms with van der Waals surface area (Å²) in [6.45, 7) is 0. The van der Waals surface area contributed by atoms with Gasteiger partial charge in [0.15, 0.2) is 5.13 Å². The van der Waals surface area contributed by atoms with Gasteiger partial charge in [-0.2, -0.15) is 4.36 Å². The number of rotatable bonds is 4. The molecule has 132 valence electrons. The van der Waals surface area contributed by atoms with E-state index in [1.165, 1.54) is 11.3 Å². The fourth-order valence-electron chi connectivity index (χ4n) is 2.41. The van der Waals surface area contributed by atoms with Gasteiger partial charge in [-0.05, 0) is 25.0 Å². The van der Waals surface area contributed by atoms with Crippen molar-refractivity contribution in [2.75, 3.05) is 16.8 Å². The van der Waals surface area contributed by atoms with E-state index in [2.05, 4.69) is 19.6 Å². The minimum Gasteiger partial charge on any atom is -0.481 e. The predicted molar refractivity (Wildman–Crippen MR) is 94.6 cm³/mol. The lowest BCUT2D eigenvalue weighted by Crippen LogP contribution is -2.28. The molecule has 0 radical (unpaired) electrons. The molecule has 1 amide bonds. The molecule has 2 aromatic rings. The normalized spacial score (nSPS) is 23.0. The maximum absolute atomic E-state index is 12.6. The summed E-state index contributed by atoms with van der Waals surface area (Å²) in [4.78, 5) is 31.4. The van der Waals surface area contributed by atoms with E-state index in [4.69, 9.17) is 5.11 Å². The molecule has 0 unspecified atom stereocenters. The monoisotopic (exact) mass is 380 g/mol. The highest BCUT2D eigenvalue weighted by atomic mass is 32.2. The first-order chi connectivity index (χ1) is 12.0. The zero-order chi connectivity index (χ0) is 17.9. The molecule has 25 heavy (non-hydrogen) atoms. The first-order valence-corrected chi connectivity index (χ1v) is 10.3. The number of aromatic nitrogens is 2. The largest absolute Gasteiger partial charge is 0.481 e. The maximum Gasteiger partial charge on any atom is 0.306 e. The zero-order valence-electron chi connectivity index (χ0n) is 13.1. The number of pyridine rings is 1. The topological polar surface area (TPSA) is 122 Å². The third kappa shape index (κ3) is 4.40. The molecule has 10 heteroatoms. The van der Waals surface area contributed by atoms with Crippen LogP contribution in [-0.2, 0) is 14.5 Å². The van der Waals surface area contributed by atoms with Gasteiger partial charge in [-0.1, -0.05) is 6.07 Å². The van der Waals surface area contributed by atoms with Gasteiger partial charge < -0.3 is 10.4 Å². The number of carbonyl (C=O) groups is 2. The van der Waals surface area contributed by atoms with Crippen LogP contribution in [0.5, 0.6) is 0 Å². The number of carboxylic acid groups (broad SMARTS) is 1.